The Hall–Kier alpha value is -0.0800. The molecule has 0 aromatic heterocycles. The van der Waals surface area contributed by atoms with Crippen LogP contribution < -0.4 is 10.6 Å². The van der Waals surface area contributed by atoms with E-state index < -0.39 is 0 Å². The van der Waals surface area contributed by atoms with Gasteiger partial charge in [0, 0.05) is 26.2 Å². The van der Waals surface area contributed by atoms with Crippen molar-refractivity contribution < 1.29 is 0 Å². The number of nitrogens with one attached hydrogen (secondary N) is 2. The Kier molecular flexibility index (Phi) is 9.94. The number of hydrogen-bond donors (Lipinski definition) is 2. The average molecular weight is 186 g/mol. The van der Waals surface area contributed by atoms with E-state index in [2.05, 4.69) is 17.6 Å². The zero-order valence-corrected chi connectivity index (χ0v) is 9.53. The molecule has 0 unspecified atom stereocenters. The fourth-order valence-electron chi connectivity index (χ4n) is 1.22. The van der Waals surface area contributed by atoms with Crippen LogP contribution in [0.1, 0.15) is 40.0 Å². The molecule has 0 spiro atoms. The van der Waals surface area contributed by atoms with E-state index in [0.717, 1.165) is 32.1 Å². The molecule has 2 fully saturated rings. The maximum absolute atomic E-state index is 3.22. The van der Waals surface area contributed by atoms with Crippen molar-refractivity contribution in [1.82, 2.24) is 10.6 Å². The van der Waals surface area contributed by atoms with Crippen molar-refractivity contribution in [2.24, 2.45) is 5.92 Å². The molecule has 0 amide bonds. The highest BCUT2D eigenvalue weighted by Gasteiger charge is 2.09. The first kappa shape index (κ1) is 12.9. The van der Waals surface area contributed by atoms with Crippen molar-refractivity contribution >= 4 is 0 Å². The largest absolute Gasteiger partial charge is 0.314 e. The molecule has 0 aromatic rings. The summed E-state index contributed by atoms with van der Waals surface area (Å²) in [7, 11) is 0. The normalized spacial score (nSPS) is 21.5. The highest BCUT2D eigenvalue weighted by atomic mass is 15.0. The second-order valence-electron chi connectivity index (χ2n) is 3.54. The predicted molar refractivity (Wildman–Crippen MR) is 60.1 cm³/mol. The molecule has 2 nitrogen and oxygen atoms in total. The molecule has 2 N–H and O–H groups in total. The Morgan fingerprint density at radius 2 is 1.15 bits per heavy atom. The van der Waals surface area contributed by atoms with E-state index in [4.69, 9.17) is 0 Å². The zero-order valence-electron chi connectivity index (χ0n) is 9.53. The lowest BCUT2D eigenvalue weighted by molar-refractivity contribution is 0.346. The van der Waals surface area contributed by atoms with Crippen molar-refractivity contribution in [2.75, 3.05) is 26.2 Å². The topological polar surface area (TPSA) is 24.1 Å². The van der Waals surface area contributed by atoms with Crippen molar-refractivity contribution in [3.63, 3.8) is 0 Å². The lowest BCUT2D eigenvalue weighted by atomic mass is 9.88. The van der Waals surface area contributed by atoms with Gasteiger partial charge >= 0.3 is 0 Å². The highest BCUT2D eigenvalue weighted by Crippen LogP contribution is 2.24. The van der Waals surface area contributed by atoms with Crippen LogP contribution in [0.2, 0.25) is 0 Å². The quantitative estimate of drug-likeness (QED) is 0.605. The highest BCUT2D eigenvalue weighted by molar-refractivity contribution is 4.62. The third kappa shape index (κ3) is 8.26. The van der Waals surface area contributed by atoms with Crippen molar-refractivity contribution in [2.45, 2.75) is 40.0 Å². The molecule has 0 atom stereocenters. The molecule has 1 heterocycles. The van der Waals surface area contributed by atoms with Gasteiger partial charge in [0.15, 0.2) is 0 Å². The summed E-state index contributed by atoms with van der Waals surface area (Å²) in [6.45, 7) is 10.9. The van der Waals surface area contributed by atoms with Gasteiger partial charge in [-0.15, -0.1) is 0 Å². The number of hydrogen-bond acceptors (Lipinski definition) is 2. The van der Waals surface area contributed by atoms with Crippen LogP contribution in [0.25, 0.3) is 0 Å². The molecule has 1 aliphatic heterocycles. The molecule has 13 heavy (non-hydrogen) atoms. The van der Waals surface area contributed by atoms with E-state index in [-0.39, 0.29) is 0 Å². The molecule has 1 saturated carbocycles. The summed E-state index contributed by atoms with van der Waals surface area (Å²) in [5.74, 6) is 1.06. The molecule has 0 bridgehead atoms. The Morgan fingerprint density at radius 3 is 1.23 bits per heavy atom. The van der Waals surface area contributed by atoms with Crippen molar-refractivity contribution in [3.8, 4) is 0 Å². The molecular formula is C11H26N2. The van der Waals surface area contributed by atoms with Gasteiger partial charge in [-0.05, 0) is 5.92 Å². The van der Waals surface area contributed by atoms with Gasteiger partial charge in [-0.2, -0.15) is 0 Å². The molecular weight excluding hydrogens is 160 g/mol. The van der Waals surface area contributed by atoms with Crippen LogP contribution >= 0.6 is 0 Å². The minimum absolute atomic E-state index is 1.06. The fourth-order valence-corrected chi connectivity index (χ4v) is 1.22. The van der Waals surface area contributed by atoms with E-state index in [1.165, 1.54) is 19.3 Å². The predicted octanol–water partition coefficient (Wildman–Crippen LogP) is 2.01. The Morgan fingerprint density at radius 1 is 0.846 bits per heavy atom. The fraction of sp³-hybridized carbons (Fsp3) is 1.00. The van der Waals surface area contributed by atoms with Crippen LogP contribution in [0, 0.1) is 5.92 Å². The molecule has 2 heteroatoms. The first-order valence-corrected chi connectivity index (χ1v) is 5.81. The summed E-state index contributed by atoms with van der Waals surface area (Å²) in [5.41, 5.74) is 0. The van der Waals surface area contributed by atoms with Crippen LogP contribution in [0.3, 0.4) is 0 Å². The molecule has 80 valence electrons. The van der Waals surface area contributed by atoms with Gasteiger partial charge in [0.2, 0.25) is 0 Å². The zero-order chi connectivity index (χ0) is 9.94. The van der Waals surface area contributed by atoms with Crippen LogP contribution in [-0.2, 0) is 0 Å². The molecule has 2 rings (SSSR count). The van der Waals surface area contributed by atoms with E-state index in [1.807, 2.05) is 13.8 Å². The third-order valence-electron chi connectivity index (χ3n) is 2.35. The van der Waals surface area contributed by atoms with E-state index in [1.54, 1.807) is 0 Å². The van der Waals surface area contributed by atoms with E-state index in [9.17, 15) is 0 Å². The SMILES string of the molecule is C1CNCCN1.CC.CC1CCC1. The second kappa shape index (κ2) is 10.0. The Balaban J connectivity index is 0.000000189. The summed E-state index contributed by atoms with van der Waals surface area (Å²) in [6, 6.07) is 0. The lowest BCUT2D eigenvalue weighted by Gasteiger charge is -2.18. The minimum atomic E-state index is 1.06. The monoisotopic (exact) mass is 186 g/mol. The van der Waals surface area contributed by atoms with Gasteiger partial charge in [0.05, 0.1) is 0 Å². The molecule has 1 aliphatic carbocycles. The van der Waals surface area contributed by atoms with Gasteiger partial charge in [0.25, 0.3) is 0 Å². The summed E-state index contributed by atoms with van der Waals surface area (Å²) in [5, 5.41) is 6.44. The van der Waals surface area contributed by atoms with Gasteiger partial charge in [-0.25, -0.2) is 0 Å². The second-order valence-corrected chi connectivity index (χ2v) is 3.54. The van der Waals surface area contributed by atoms with Crippen LogP contribution in [0.5, 0.6) is 0 Å². The van der Waals surface area contributed by atoms with Gasteiger partial charge in [-0.1, -0.05) is 40.0 Å². The Labute approximate surface area is 83.5 Å². The van der Waals surface area contributed by atoms with Crippen LogP contribution in [-0.4, -0.2) is 26.2 Å². The van der Waals surface area contributed by atoms with E-state index in [0.29, 0.717) is 0 Å². The maximum atomic E-state index is 3.22. The first-order valence-electron chi connectivity index (χ1n) is 5.81. The van der Waals surface area contributed by atoms with Crippen LogP contribution in [0.15, 0.2) is 0 Å². The minimum Gasteiger partial charge on any atom is -0.314 e. The van der Waals surface area contributed by atoms with Gasteiger partial charge < -0.3 is 10.6 Å². The number of piperazine rings is 1. The molecule has 1 saturated heterocycles. The summed E-state index contributed by atoms with van der Waals surface area (Å²) in [4.78, 5) is 0. The first-order chi connectivity index (χ1) is 6.39. The number of rotatable bonds is 0. The van der Waals surface area contributed by atoms with Crippen LogP contribution in [0.4, 0.5) is 0 Å². The summed E-state index contributed by atoms with van der Waals surface area (Å²) >= 11 is 0. The summed E-state index contributed by atoms with van der Waals surface area (Å²) < 4.78 is 0. The third-order valence-corrected chi connectivity index (χ3v) is 2.35. The lowest BCUT2D eigenvalue weighted by Crippen LogP contribution is -2.39. The van der Waals surface area contributed by atoms with Gasteiger partial charge in [-0.3, -0.25) is 0 Å². The molecule has 0 radical (unpaired) electrons. The smallest absolute Gasteiger partial charge is 0.00772 e. The van der Waals surface area contributed by atoms with E-state index >= 15 is 0 Å². The average Bonchev–Trinajstić information content (AvgIpc) is 2.21. The molecule has 0 aromatic carbocycles. The maximum Gasteiger partial charge on any atom is 0.00772 e. The van der Waals surface area contributed by atoms with Gasteiger partial charge in [0.1, 0.15) is 0 Å². The molecule has 2 aliphatic rings. The Bertz CT molecular complexity index is 74.6. The summed E-state index contributed by atoms with van der Waals surface area (Å²) in [6.07, 6.45) is 4.46. The van der Waals surface area contributed by atoms with Crippen molar-refractivity contribution in [1.29, 1.82) is 0 Å². The van der Waals surface area contributed by atoms with Crippen molar-refractivity contribution in [3.05, 3.63) is 0 Å². The standard InChI is InChI=1S/C5H10.C4H10N2.C2H6/c1-5-3-2-4-5;1-2-6-4-3-5-1;1-2/h5H,2-4H2,1H3;5-6H,1-4H2;1-2H3.